The lowest BCUT2D eigenvalue weighted by Gasteiger charge is -2.32. The minimum atomic E-state index is -0.121. The van der Waals surface area contributed by atoms with E-state index < -0.39 is 0 Å². The molecule has 0 unspecified atom stereocenters. The lowest BCUT2D eigenvalue weighted by molar-refractivity contribution is 0.592. The Labute approximate surface area is 295 Å². The number of rotatable bonds is 4. The van der Waals surface area contributed by atoms with Crippen molar-refractivity contribution in [3.05, 3.63) is 174 Å². The van der Waals surface area contributed by atoms with Gasteiger partial charge >= 0.3 is 0 Å². The molecule has 0 aliphatic heterocycles. The van der Waals surface area contributed by atoms with E-state index >= 15 is 0 Å². The Morgan fingerprint density at radius 2 is 0.980 bits per heavy atom. The fourth-order valence-electron chi connectivity index (χ4n) is 8.46. The first-order valence-electron chi connectivity index (χ1n) is 17.8. The zero-order valence-corrected chi connectivity index (χ0v) is 29.5. The molecule has 0 saturated heterocycles. The third kappa shape index (κ3) is 4.68. The van der Waals surface area contributed by atoms with Crippen molar-refractivity contribution < 1.29 is 0 Å². The number of nitrogens with zero attached hydrogens (tertiary/aromatic N) is 1. The van der Waals surface area contributed by atoms with Crippen LogP contribution in [-0.4, -0.2) is 0 Å². The number of fused-ring (bicyclic) bond motifs is 7. The normalized spacial score (nSPS) is 13.5. The van der Waals surface area contributed by atoms with Crippen molar-refractivity contribution in [3.63, 3.8) is 0 Å². The second kappa shape index (κ2) is 11.2. The third-order valence-corrected chi connectivity index (χ3v) is 10.9. The van der Waals surface area contributed by atoms with Gasteiger partial charge in [-0.05, 0) is 96.1 Å². The van der Waals surface area contributed by atoms with Crippen LogP contribution in [0.15, 0.2) is 158 Å². The summed E-state index contributed by atoms with van der Waals surface area (Å²) in [6.45, 7) is 11.7. The summed E-state index contributed by atoms with van der Waals surface area (Å²) in [5.74, 6) is 0. The minimum Gasteiger partial charge on any atom is -0.309 e. The Kier molecular flexibility index (Phi) is 6.80. The van der Waals surface area contributed by atoms with Crippen LogP contribution >= 0.6 is 0 Å². The molecule has 50 heavy (non-hydrogen) atoms. The summed E-state index contributed by atoms with van der Waals surface area (Å²) in [5.41, 5.74) is 12.6. The van der Waals surface area contributed by atoms with Gasteiger partial charge in [0.15, 0.2) is 0 Å². The van der Waals surface area contributed by atoms with Crippen LogP contribution in [0.25, 0.3) is 54.6 Å². The van der Waals surface area contributed by atoms with Crippen molar-refractivity contribution >= 4 is 49.4 Å². The van der Waals surface area contributed by atoms with Crippen LogP contribution in [0.4, 0.5) is 17.1 Å². The minimum absolute atomic E-state index is 0.0383. The van der Waals surface area contributed by atoms with Crippen LogP contribution in [-0.2, 0) is 10.8 Å². The summed E-state index contributed by atoms with van der Waals surface area (Å²) < 4.78 is 0. The molecule has 8 aromatic carbocycles. The maximum absolute atomic E-state index is 2.55. The van der Waals surface area contributed by atoms with Gasteiger partial charge in [0.1, 0.15) is 0 Å². The first-order chi connectivity index (χ1) is 24.2. The summed E-state index contributed by atoms with van der Waals surface area (Å²) in [4.78, 5) is 2.55. The first kappa shape index (κ1) is 30.4. The lowest BCUT2D eigenvalue weighted by Crippen LogP contribution is -2.17. The van der Waals surface area contributed by atoms with E-state index in [2.05, 4.69) is 197 Å². The highest BCUT2D eigenvalue weighted by Gasteiger charge is 2.36. The second-order valence-electron chi connectivity index (χ2n) is 15.4. The van der Waals surface area contributed by atoms with Gasteiger partial charge in [-0.25, -0.2) is 0 Å². The van der Waals surface area contributed by atoms with E-state index in [1.807, 2.05) is 0 Å². The number of hydrogen-bond acceptors (Lipinski definition) is 1. The zero-order valence-electron chi connectivity index (χ0n) is 29.5. The molecular weight excluding hydrogens is 603 g/mol. The van der Waals surface area contributed by atoms with E-state index in [9.17, 15) is 0 Å². The standard InChI is InChI=1S/C49H41N/c1-48(2,3)43-24-14-12-22-39(43)42-28-32-16-6-7-17-33(32)29-47(42)50(46-30-34-18-8-9-19-36(34)37-20-10-11-23-41(37)46)35-26-27-40-38-21-13-15-25-44(38)49(4,5)45(40)31-35/h6-31H,1-5H3. The van der Waals surface area contributed by atoms with Crippen LogP contribution in [0.3, 0.4) is 0 Å². The fraction of sp³-hybridized carbons (Fsp3) is 0.143. The van der Waals surface area contributed by atoms with Gasteiger partial charge in [-0.3, -0.25) is 0 Å². The molecule has 8 aromatic rings. The summed E-state index contributed by atoms with van der Waals surface area (Å²) in [5, 5.41) is 7.47. The number of hydrogen-bond donors (Lipinski definition) is 0. The molecule has 0 atom stereocenters. The average molecular weight is 644 g/mol. The zero-order chi connectivity index (χ0) is 34.2. The van der Waals surface area contributed by atoms with Gasteiger partial charge in [-0.1, -0.05) is 162 Å². The maximum Gasteiger partial charge on any atom is 0.0546 e. The van der Waals surface area contributed by atoms with E-state index in [1.54, 1.807) is 0 Å². The van der Waals surface area contributed by atoms with Gasteiger partial charge in [-0.15, -0.1) is 0 Å². The molecule has 0 amide bonds. The summed E-state index contributed by atoms with van der Waals surface area (Å²) in [6.07, 6.45) is 0. The highest BCUT2D eigenvalue weighted by Crippen LogP contribution is 2.53. The Bertz CT molecular complexity index is 2620. The van der Waals surface area contributed by atoms with Crippen LogP contribution in [0.5, 0.6) is 0 Å². The molecule has 0 N–H and O–H groups in total. The average Bonchev–Trinajstić information content (AvgIpc) is 3.36. The largest absolute Gasteiger partial charge is 0.309 e. The topological polar surface area (TPSA) is 3.24 Å². The third-order valence-electron chi connectivity index (χ3n) is 10.9. The van der Waals surface area contributed by atoms with E-state index in [-0.39, 0.29) is 10.8 Å². The summed E-state index contributed by atoms with van der Waals surface area (Å²) in [6, 6.07) is 58.8. The molecule has 0 radical (unpaired) electrons. The molecule has 9 rings (SSSR count). The molecule has 1 aliphatic rings. The predicted molar refractivity (Wildman–Crippen MR) is 215 cm³/mol. The van der Waals surface area contributed by atoms with Gasteiger partial charge in [0.2, 0.25) is 0 Å². The summed E-state index contributed by atoms with van der Waals surface area (Å²) >= 11 is 0. The molecule has 242 valence electrons. The van der Waals surface area contributed by atoms with Gasteiger partial charge in [0, 0.05) is 22.1 Å². The quantitative estimate of drug-likeness (QED) is 0.173. The van der Waals surface area contributed by atoms with Crippen LogP contribution in [0.2, 0.25) is 0 Å². The molecule has 1 nitrogen and oxygen atoms in total. The molecule has 1 aliphatic carbocycles. The van der Waals surface area contributed by atoms with Crippen molar-refractivity contribution in [1.82, 2.24) is 0 Å². The highest BCUT2D eigenvalue weighted by atomic mass is 15.1. The fourth-order valence-corrected chi connectivity index (χ4v) is 8.46. The second-order valence-corrected chi connectivity index (χ2v) is 15.4. The predicted octanol–water partition coefficient (Wildman–Crippen LogP) is 13.9. The summed E-state index contributed by atoms with van der Waals surface area (Å²) in [7, 11) is 0. The first-order valence-corrected chi connectivity index (χ1v) is 17.8. The van der Waals surface area contributed by atoms with Crippen molar-refractivity contribution in [2.75, 3.05) is 4.90 Å². The molecule has 0 aromatic heterocycles. The van der Waals surface area contributed by atoms with E-state index in [0.29, 0.717) is 0 Å². The van der Waals surface area contributed by atoms with E-state index in [0.717, 1.165) is 5.69 Å². The van der Waals surface area contributed by atoms with Gasteiger partial charge in [-0.2, -0.15) is 0 Å². The smallest absolute Gasteiger partial charge is 0.0546 e. The highest BCUT2D eigenvalue weighted by molar-refractivity contribution is 6.15. The van der Waals surface area contributed by atoms with Crippen molar-refractivity contribution in [2.24, 2.45) is 0 Å². The van der Waals surface area contributed by atoms with Crippen LogP contribution in [0, 0.1) is 0 Å². The van der Waals surface area contributed by atoms with Crippen molar-refractivity contribution in [1.29, 1.82) is 0 Å². The van der Waals surface area contributed by atoms with Gasteiger partial charge in [0.05, 0.1) is 11.4 Å². The Hall–Kier alpha value is -5.66. The van der Waals surface area contributed by atoms with Crippen LogP contribution < -0.4 is 4.90 Å². The van der Waals surface area contributed by atoms with E-state index in [4.69, 9.17) is 0 Å². The SMILES string of the molecule is CC(C)(C)c1ccccc1-c1cc2ccccc2cc1N(c1ccc2c(c1)C(C)(C)c1ccccc1-2)c1cc2ccccc2c2ccccc12. The molecule has 0 bridgehead atoms. The Morgan fingerprint density at radius 3 is 1.74 bits per heavy atom. The number of benzene rings is 8. The van der Waals surface area contributed by atoms with Gasteiger partial charge in [0.25, 0.3) is 0 Å². The van der Waals surface area contributed by atoms with Crippen molar-refractivity contribution in [2.45, 2.75) is 45.4 Å². The molecule has 0 heterocycles. The van der Waals surface area contributed by atoms with Crippen molar-refractivity contribution in [3.8, 4) is 22.3 Å². The monoisotopic (exact) mass is 643 g/mol. The number of anilines is 3. The molecule has 0 spiro atoms. The lowest BCUT2D eigenvalue weighted by atomic mass is 9.81. The maximum atomic E-state index is 2.55. The molecule has 1 heteroatoms. The Balaban J connectivity index is 1.42. The Morgan fingerprint density at radius 1 is 0.420 bits per heavy atom. The molecule has 0 fully saturated rings. The van der Waals surface area contributed by atoms with Gasteiger partial charge < -0.3 is 4.90 Å². The van der Waals surface area contributed by atoms with Crippen LogP contribution in [0.1, 0.15) is 51.3 Å². The van der Waals surface area contributed by atoms with E-state index in [1.165, 1.54) is 82.6 Å². The molecule has 0 saturated carbocycles. The molecular formula is C49H41N.